The Hall–Kier alpha value is -3.20. The second-order valence-corrected chi connectivity index (χ2v) is 6.91. The summed E-state index contributed by atoms with van der Waals surface area (Å²) in [6, 6.07) is 10.8. The van der Waals surface area contributed by atoms with E-state index in [1.807, 2.05) is 19.0 Å². The van der Waals surface area contributed by atoms with Gasteiger partial charge in [-0.3, -0.25) is 14.9 Å². The van der Waals surface area contributed by atoms with Gasteiger partial charge in [-0.15, -0.1) is 0 Å². The highest BCUT2D eigenvalue weighted by Crippen LogP contribution is 2.29. The summed E-state index contributed by atoms with van der Waals surface area (Å²) in [6.45, 7) is 0.769. The van der Waals surface area contributed by atoms with Crippen molar-refractivity contribution in [3.8, 4) is 0 Å². The van der Waals surface area contributed by atoms with Crippen molar-refractivity contribution in [2.45, 2.75) is 12.7 Å². The molecule has 0 saturated heterocycles. The predicted molar refractivity (Wildman–Crippen MR) is 108 cm³/mol. The van der Waals surface area contributed by atoms with E-state index < -0.39 is 22.6 Å². The van der Waals surface area contributed by atoms with E-state index >= 15 is 0 Å². The Morgan fingerprint density at radius 2 is 1.80 bits per heavy atom. The normalized spacial score (nSPS) is 11.8. The van der Waals surface area contributed by atoms with E-state index in [-0.39, 0.29) is 24.3 Å². The fourth-order valence-electron chi connectivity index (χ4n) is 2.72. The second kappa shape index (κ2) is 10.0. The Labute approximate surface area is 172 Å². The van der Waals surface area contributed by atoms with Gasteiger partial charge in [0.15, 0.2) is 0 Å². The number of amides is 1. The van der Waals surface area contributed by atoms with E-state index in [9.17, 15) is 28.1 Å². The van der Waals surface area contributed by atoms with Crippen LogP contribution in [0.4, 0.5) is 18.9 Å². The molecule has 0 aliphatic carbocycles. The minimum Gasteiger partial charge on any atom is -0.334 e. The van der Waals surface area contributed by atoms with E-state index in [1.165, 1.54) is 47.4 Å². The van der Waals surface area contributed by atoms with Crippen molar-refractivity contribution in [1.29, 1.82) is 0 Å². The van der Waals surface area contributed by atoms with Crippen LogP contribution in [0.5, 0.6) is 0 Å². The molecule has 0 heterocycles. The highest BCUT2D eigenvalue weighted by atomic mass is 19.4. The molecule has 2 aromatic rings. The Morgan fingerprint density at radius 1 is 1.10 bits per heavy atom. The molecule has 160 valence electrons. The van der Waals surface area contributed by atoms with Crippen LogP contribution >= 0.6 is 0 Å². The topological polar surface area (TPSA) is 66.7 Å². The van der Waals surface area contributed by atoms with Crippen LogP contribution in [0.1, 0.15) is 16.7 Å². The molecule has 0 atom stereocenters. The first-order valence-corrected chi connectivity index (χ1v) is 9.09. The van der Waals surface area contributed by atoms with E-state index in [4.69, 9.17) is 0 Å². The Kier molecular flexibility index (Phi) is 7.71. The maximum atomic E-state index is 13.0. The van der Waals surface area contributed by atoms with Gasteiger partial charge in [-0.05, 0) is 43.9 Å². The fraction of sp³-hybridized carbons (Fsp3) is 0.286. The fourth-order valence-corrected chi connectivity index (χ4v) is 2.72. The number of carbonyl (C=O) groups excluding carboxylic acids is 1. The highest BCUT2D eigenvalue weighted by molar-refractivity contribution is 5.92. The quantitative estimate of drug-likeness (QED) is 0.364. The molecule has 6 nitrogen and oxygen atoms in total. The summed E-state index contributed by atoms with van der Waals surface area (Å²) in [5, 5.41) is 11.1. The zero-order valence-electron chi connectivity index (χ0n) is 16.6. The number of carbonyl (C=O) groups is 1. The van der Waals surface area contributed by atoms with E-state index in [2.05, 4.69) is 0 Å². The summed E-state index contributed by atoms with van der Waals surface area (Å²) in [7, 11) is 3.63. The van der Waals surface area contributed by atoms with Gasteiger partial charge in [0.05, 0.1) is 16.1 Å². The number of halogens is 3. The maximum Gasteiger partial charge on any atom is 0.416 e. The zero-order chi connectivity index (χ0) is 22.3. The van der Waals surface area contributed by atoms with Crippen molar-refractivity contribution in [1.82, 2.24) is 9.80 Å². The molecule has 0 bridgehead atoms. The third-order valence-electron chi connectivity index (χ3n) is 4.30. The molecule has 2 rings (SSSR count). The van der Waals surface area contributed by atoms with Gasteiger partial charge in [-0.1, -0.05) is 24.3 Å². The number of hydrogen-bond acceptors (Lipinski definition) is 4. The van der Waals surface area contributed by atoms with Crippen molar-refractivity contribution in [2.75, 3.05) is 27.2 Å². The summed E-state index contributed by atoms with van der Waals surface area (Å²) in [5.74, 6) is -0.451. The monoisotopic (exact) mass is 421 g/mol. The lowest BCUT2D eigenvalue weighted by atomic mass is 10.1. The van der Waals surface area contributed by atoms with E-state index in [1.54, 1.807) is 6.07 Å². The number of benzene rings is 2. The van der Waals surface area contributed by atoms with Crippen molar-refractivity contribution >= 4 is 17.7 Å². The molecule has 30 heavy (non-hydrogen) atoms. The molecule has 0 saturated carbocycles. The molecule has 0 aliphatic heterocycles. The van der Waals surface area contributed by atoms with Crippen LogP contribution < -0.4 is 0 Å². The SMILES string of the molecule is CN(C)CCN(Cc1cccc(C(F)(F)F)c1)C(=O)C=Cc1ccccc1[N+](=O)[O-]. The number of rotatable bonds is 8. The Balaban J connectivity index is 2.24. The smallest absolute Gasteiger partial charge is 0.334 e. The largest absolute Gasteiger partial charge is 0.416 e. The van der Waals surface area contributed by atoms with Crippen LogP contribution in [-0.2, 0) is 17.5 Å². The average Bonchev–Trinajstić information content (AvgIpc) is 2.68. The van der Waals surface area contributed by atoms with Crippen LogP contribution in [0.3, 0.4) is 0 Å². The molecule has 0 fully saturated rings. The molecule has 2 aromatic carbocycles. The van der Waals surface area contributed by atoms with Gasteiger partial charge in [0.25, 0.3) is 5.69 Å². The Bertz CT molecular complexity index is 927. The first-order chi connectivity index (χ1) is 14.1. The van der Waals surface area contributed by atoms with Crippen molar-refractivity contribution in [3.05, 3.63) is 81.4 Å². The highest BCUT2D eigenvalue weighted by Gasteiger charge is 2.30. The molecular formula is C21H22F3N3O3. The van der Waals surface area contributed by atoms with Crippen molar-refractivity contribution < 1.29 is 22.9 Å². The molecule has 0 unspecified atom stereocenters. The lowest BCUT2D eigenvalue weighted by Gasteiger charge is -2.23. The van der Waals surface area contributed by atoms with E-state index in [0.717, 1.165) is 12.1 Å². The number of likely N-dealkylation sites (N-methyl/N-ethyl adjacent to an activating group) is 1. The minimum absolute atomic E-state index is 0.0161. The molecule has 0 aliphatic rings. The first kappa shape index (κ1) is 23.1. The average molecular weight is 421 g/mol. The van der Waals surface area contributed by atoms with Crippen LogP contribution in [-0.4, -0.2) is 47.8 Å². The standard InChI is InChI=1S/C21H22F3N3O3/c1-25(2)12-13-26(15-16-6-5-8-18(14-16)21(22,23)24)20(28)11-10-17-7-3-4-9-19(17)27(29)30/h3-11,14H,12-13,15H2,1-2H3. The lowest BCUT2D eigenvalue weighted by molar-refractivity contribution is -0.385. The van der Waals surface area contributed by atoms with Crippen LogP contribution in [0.15, 0.2) is 54.6 Å². The molecule has 0 radical (unpaired) electrons. The van der Waals surface area contributed by atoms with Gasteiger partial charge >= 0.3 is 6.18 Å². The van der Waals surface area contributed by atoms with Crippen molar-refractivity contribution in [2.24, 2.45) is 0 Å². The third-order valence-corrected chi connectivity index (χ3v) is 4.30. The number of hydrogen-bond donors (Lipinski definition) is 0. The lowest BCUT2D eigenvalue weighted by Crippen LogP contribution is -2.35. The maximum absolute atomic E-state index is 13.0. The number of alkyl halides is 3. The van der Waals surface area contributed by atoms with E-state index in [0.29, 0.717) is 12.1 Å². The van der Waals surface area contributed by atoms with Gasteiger partial charge in [-0.25, -0.2) is 0 Å². The molecule has 9 heteroatoms. The second-order valence-electron chi connectivity index (χ2n) is 6.91. The summed E-state index contributed by atoms with van der Waals surface area (Å²) in [4.78, 5) is 26.5. The molecule has 0 spiro atoms. The van der Waals surface area contributed by atoms with Crippen LogP contribution in [0.2, 0.25) is 0 Å². The minimum atomic E-state index is -4.47. The summed E-state index contributed by atoms with van der Waals surface area (Å²) in [6.07, 6.45) is -1.93. The number of nitro groups is 1. The van der Waals surface area contributed by atoms with Gasteiger partial charge in [0, 0.05) is 31.8 Å². The summed E-state index contributed by atoms with van der Waals surface area (Å²) in [5.41, 5.74) is -0.312. The number of nitro benzene ring substituents is 1. The molecule has 0 N–H and O–H groups in total. The summed E-state index contributed by atoms with van der Waals surface area (Å²) >= 11 is 0. The molecular weight excluding hydrogens is 399 g/mol. The zero-order valence-corrected chi connectivity index (χ0v) is 16.6. The Morgan fingerprint density at radius 3 is 2.43 bits per heavy atom. The predicted octanol–water partition coefficient (Wildman–Crippen LogP) is 4.22. The number of nitrogens with zero attached hydrogens (tertiary/aromatic N) is 3. The van der Waals surface area contributed by atoms with Crippen LogP contribution in [0, 0.1) is 10.1 Å². The van der Waals surface area contributed by atoms with Crippen molar-refractivity contribution in [3.63, 3.8) is 0 Å². The molecule has 0 aromatic heterocycles. The van der Waals surface area contributed by atoms with Gasteiger partial charge in [0.1, 0.15) is 0 Å². The van der Waals surface area contributed by atoms with Gasteiger partial charge < -0.3 is 9.80 Å². The van der Waals surface area contributed by atoms with Gasteiger partial charge in [0.2, 0.25) is 5.91 Å². The number of para-hydroxylation sites is 1. The first-order valence-electron chi connectivity index (χ1n) is 9.09. The van der Waals surface area contributed by atoms with Crippen LogP contribution in [0.25, 0.3) is 6.08 Å². The summed E-state index contributed by atoms with van der Waals surface area (Å²) < 4.78 is 38.9. The van der Waals surface area contributed by atoms with Gasteiger partial charge in [-0.2, -0.15) is 13.2 Å². The molecule has 1 amide bonds. The third kappa shape index (κ3) is 6.70.